The van der Waals surface area contributed by atoms with Gasteiger partial charge in [-0.05, 0) is 61.7 Å². The molecule has 0 nitrogen and oxygen atoms in total. The van der Waals surface area contributed by atoms with Crippen LogP contribution in [0.25, 0.3) is 0 Å². The highest BCUT2D eigenvalue weighted by Gasteiger charge is 2.52. The third-order valence-electron chi connectivity index (χ3n) is 8.12. The molecule has 3 atom stereocenters. The first-order valence-corrected chi connectivity index (χ1v) is 17.8. The molecule has 0 fully saturated rings. The lowest BCUT2D eigenvalue weighted by molar-refractivity contribution is 1.48. The fraction of sp³-hybridized carbons (Fsp3) is 0.125. The monoisotopic (exact) mass is 504 g/mol. The predicted octanol–water partition coefficient (Wildman–Crippen LogP) is 5.62. The molecule has 3 unspecified atom stereocenters. The van der Waals surface area contributed by atoms with Crippen LogP contribution in [0.5, 0.6) is 0 Å². The number of allylic oxidation sites excluding steroid dienone is 6. The van der Waals surface area contributed by atoms with Crippen LogP contribution >= 0.6 is 7.92 Å². The van der Waals surface area contributed by atoms with E-state index in [1.54, 1.807) is 15.7 Å². The summed E-state index contributed by atoms with van der Waals surface area (Å²) in [7, 11) is -5.24. The van der Waals surface area contributed by atoms with Crippen molar-refractivity contribution in [2.45, 2.75) is 27.7 Å². The zero-order chi connectivity index (χ0) is 24.8. The van der Waals surface area contributed by atoms with Crippen LogP contribution in [-0.2, 0) is 0 Å². The summed E-state index contributed by atoms with van der Waals surface area (Å²) in [6.07, 6.45) is 4.38. The van der Waals surface area contributed by atoms with Gasteiger partial charge in [-0.25, -0.2) is 0 Å². The molecule has 2 aliphatic heterocycles. The Hall–Kier alpha value is -2.78. The van der Waals surface area contributed by atoms with Crippen molar-refractivity contribution in [2.24, 2.45) is 0 Å². The highest BCUT2D eigenvalue weighted by Crippen LogP contribution is 2.49. The molecular weight excluding hydrogens is 471 g/mol. The Morgan fingerprint density at radius 1 is 0.743 bits per heavy atom. The van der Waals surface area contributed by atoms with E-state index < -0.39 is 24.1 Å². The summed E-state index contributed by atoms with van der Waals surface area (Å²) in [5.74, 6) is 5.24. The van der Waals surface area contributed by atoms with E-state index in [4.69, 9.17) is 0 Å². The van der Waals surface area contributed by atoms with Crippen molar-refractivity contribution in [3.05, 3.63) is 137 Å². The standard InChI is InChI=1S/C32H33PSi2/c1-7-24(3)34(28-16-11-9-12-17-28)26(5)22-33-23-27(6)35(25(4)8-2,29-18-13-10-14-19-29)31-21-15-20-30(34)32(31)33/h7-23H,1,3H2,2,4-6H3/b25-8+. The van der Waals surface area contributed by atoms with E-state index in [1.807, 2.05) is 6.08 Å². The summed E-state index contributed by atoms with van der Waals surface area (Å²) >= 11 is 0. The smallest absolute Gasteiger partial charge is 0.0992 e. The van der Waals surface area contributed by atoms with Crippen molar-refractivity contribution >= 4 is 50.1 Å². The summed E-state index contributed by atoms with van der Waals surface area (Å²) in [5, 5.41) is 13.3. The van der Waals surface area contributed by atoms with E-state index in [0.29, 0.717) is 0 Å². The first kappa shape index (κ1) is 23.9. The molecule has 0 saturated carbocycles. The van der Waals surface area contributed by atoms with Crippen LogP contribution in [0.4, 0.5) is 0 Å². The van der Waals surface area contributed by atoms with E-state index in [1.165, 1.54) is 31.1 Å². The van der Waals surface area contributed by atoms with Crippen molar-refractivity contribution < 1.29 is 0 Å². The van der Waals surface area contributed by atoms with Gasteiger partial charge in [0.15, 0.2) is 16.1 Å². The Morgan fingerprint density at radius 2 is 1.23 bits per heavy atom. The Kier molecular flexibility index (Phi) is 6.17. The highest BCUT2D eigenvalue weighted by molar-refractivity contribution is 7.74. The Balaban J connectivity index is 1.95. The molecule has 0 spiro atoms. The highest BCUT2D eigenvalue weighted by atomic mass is 31.1. The Labute approximate surface area is 213 Å². The molecule has 5 rings (SSSR count). The van der Waals surface area contributed by atoms with Crippen LogP contribution < -0.4 is 26.1 Å². The molecule has 174 valence electrons. The second-order valence-corrected chi connectivity index (χ2v) is 19.7. The van der Waals surface area contributed by atoms with Crippen molar-refractivity contribution in [3.8, 4) is 0 Å². The molecule has 0 N–H and O–H groups in total. The van der Waals surface area contributed by atoms with E-state index in [0.717, 1.165) is 0 Å². The van der Waals surface area contributed by atoms with Gasteiger partial charge in [0.2, 0.25) is 0 Å². The molecule has 0 aromatic heterocycles. The molecule has 3 aromatic rings. The Bertz CT molecular complexity index is 1330. The molecule has 0 amide bonds. The average Bonchev–Trinajstić information content (AvgIpc) is 2.89. The van der Waals surface area contributed by atoms with E-state index in [-0.39, 0.29) is 0 Å². The van der Waals surface area contributed by atoms with Gasteiger partial charge in [-0.1, -0.05) is 137 Å². The maximum Gasteiger partial charge on any atom is 0.175 e. The lowest BCUT2D eigenvalue weighted by Crippen LogP contribution is -2.73. The van der Waals surface area contributed by atoms with Crippen molar-refractivity contribution in [3.63, 3.8) is 0 Å². The summed E-state index contributed by atoms with van der Waals surface area (Å²) in [6, 6.07) is 29.6. The van der Waals surface area contributed by atoms with Crippen LogP contribution in [0.3, 0.4) is 0 Å². The molecule has 2 heterocycles. The third kappa shape index (κ3) is 3.20. The lowest BCUT2D eigenvalue weighted by Gasteiger charge is -2.47. The predicted molar refractivity (Wildman–Crippen MR) is 162 cm³/mol. The summed E-state index contributed by atoms with van der Waals surface area (Å²) in [4.78, 5) is 0. The lowest BCUT2D eigenvalue weighted by atomic mass is 10.3. The second kappa shape index (κ2) is 9.02. The van der Waals surface area contributed by atoms with Gasteiger partial charge in [0.25, 0.3) is 0 Å². The molecular formula is C32H33PSi2. The number of benzene rings is 3. The molecule has 3 heteroatoms. The zero-order valence-corrected chi connectivity index (χ0v) is 24.1. The summed E-state index contributed by atoms with van der Waals surface area (Å²) in [6.45, 7) is 18.2. The fourth-order valence-electron chi connectivity index (χ4n) is 6.50. The van der Waals surface area contributed by atoms with Gasteiger partial charge in [0, 0.05) is 0 Å². The number of hydrogen-bond donors (Lipinski definition) is 0. The summed E-state index contributed by atoms with van der Waals surface area (Å²) in [5.41, 5.74) is 0. The first-order valence-electron chi connectivity index (χ1n) is 12.3. The number of rotatable bonds is 5. The largest absolute Gasteiger partial charge is 0.175 e. The van der Waals surface area contributed by atoms with E-state index in [9.17, 15) is 0 Å². The van der Waals surface area contributed by atoms with E-state index in [2.05, 4.69) is 137 Å². The molecule has 3 aromatic carbocycles. The molecule has 2 aliphatic rings. The van der Waals surface area contributed by atoms with Crippen LogP contribution in [0.1, 0.15) is 27.7 Å². The average molecular weight is 505 g/mol. The van der Waals surface area contributed by atoms with Crippen LogP contribution in [-0.4, -0.2) is 16.1 Å². The maximum absolute atomic E-state index is 4.65. The topological polar surface area (TPSA) is 0 Å². The van der Waals surface area contributed by atoms with Gasteiger partial charge in [-0.3, -0.25) is 0 Å². The van der Waals surface area contributed by atoms with Crippen molar-refractivity contribution in [1.29, 1.82) is 0 Å². The fourth-order valence-corrected chi connectivity index (χ4v) is 21.6. The van der Waals surface area contributed by atoms with Gasteiger partial charge in [0.05, 0.1) is 0 Å². The van der Waals surface area contributed by atoms with E-state index >= 15 is 0 Å². The maximum atomic E-state index is 4.65. The van der Waals surface area contributed by atoms with Gasteiger partial charge in [-0.15, -0.1) is 0 Å². The Morgan fingerprint density at radius 3 is 1.74 bits per heavy atom. The molecule has 0 saturated heterocycles. The minimum absolute atomic E-state index is 0.513. The second-order valence-electron chi connectivity index (χ2n) is 9.67. The number of hydrogen-bond acceptors (Lipinski definition) is 0. The van der Waals surface area contributed by atoms with Crippen LogP contribution in [0.2, 0.25) is 0 Å². The van der Waals surface area contributed by atoms with Crippen molar-refractivity contribution in [2.75, 3.05) is 0 Å². The zero-order valence-electron chi connectivity index (χ0n) is 21.2. The van der Waals surface area contributed by atoms with Gasteiger partial charge < -0.3 is 0 Å². The molecule has 0 radical (unpaired) electrons. The summed E-state index contributed by atoms with van der Waals surface area (Å²) < 4.78 is 0. The molecule has 35 heavy (non-hydrogen) atoms. The van der Waals surface area contributed by atoms with Gasteiger partial charge in [0.1, 0.15) is 0 Å². The first-order chi connectivity index (χ1) is 16.9. The third-order valence-corrected chi connectivity index (χ3v) is 21.5. The van der Waals surface area contributed by atoms with Crippen LogP contribution in [0, 0.1) is 0 Å². The SMILES string of the molecule is C=CC(=C)[Si]1(c2ccccc2)C(C)=CP2C=C(C)[Si](/C(C)=C/C)(c3ccccc3)c3cccc1c32. The quantitative estimate of drug-likeness (QED) is 0.240. The van der Waals surface area contributed by atoms with Gasteiger partial charge in [-0.2, -0.15) is 0 Å². The minimum atomic E-state index is -2.43. The molecule has 0 aliphatic carbocycles. The molecule has 0 bridgehead atoms. The van der Waals surface area contributed by atoms with Crippen LogP contribution in [0.15, 0.2) is 137 Å². The minimum Gasteiger partial charge on any atom is -0.0992 e. The van der Waals surface area contributed by atoms with Crippen molar-refractivity contribution in [1.82, 2.24) is 0 Å². The van der Waals surface area contributed by atoms with Gasteiger partial charge >= 0.3 is 0 Å². The normalized spacial score (nSPS) is 25.3.